The van der Waals surface area contributed by atoms with Crippen LogP contribution >= 0.6 is 0 Å². The number of benzene rings is 1. The molecule has 22 heavy (non-hydrogen) atoms. The van der Waals surface area contributed by atoms with Gasteiger partial charge in [-0.25, -0.2) is 0 Å². The summed E-state index contributed by atoms with van der Waals surface area (Å²) in [5.41, 5.74) is 2.88. The molecule has 1 aromatic carbocycles. The van der Waals surface area contributed by atoms with Gasteiger partial charge in [-0.3, -0.25) is 4.79 Å². The van der Waals surface area contributed by atoms with Gasteiger partial charge in [-0.15, -0.1) is 0 Å². The largest absolute Gasteiger partial charge is 0.497 e. The molecule has 3 aliphatic rings. The lowest BCUT2D eigenvalue weighted by atomic mass is 9.49. The number of ether oxygens (including phenoxy) is 1. The highest BCUT2D eigenvalue weighted by molar-refractivity contribution is 5.82. The smallest absolute Gasteiger partial charge is 0.134 e. The summed E-state index contributed by atoms with van der Waals surface area (Å²) in [5, 5.41) is 0. The van der Waals surface area contributed by atoms with Crippen molar-refractivity contribution in [1.29, 1.82) is 0 Å². The Hall–Kier alpha value is -1.35. The molecule has 1 saturated heterocycles. The first-order valence-electron chi connectivity index (χ1n) is 8.44. The maximum atomic E-state index is 12.4. The minimum atomic E-state index is 0.0497. The Balaban J connectivity index is 1.92. The van der Waals surface area contributed by atoms with E-state index in [0.717, 1.165) is 38.0 Å². The summed E-state index contributed by atoms with van der Waals surface area (Å²) in [6, 6.07) is 7.09. The molecule has 2 bridgehead atoms. The van der Waals surface area contributed by atoms with Crippen LogP contribution in [0.1, 0.15) is 37.3 Å². The van der Waals surface area contributed by atoms with E-state index in [4.69, 9.17) is 4.74 Å². The van der Waals surface area contributed by atoms with Crippen LogP contribution in [-0.4, -0.2) is 37.4 Å². The van der Waals surface area contributed by atoms with Crippen LogP contribution in [0.25, 0.3) is 0 Å². The first kappa shape index (κ1) is 14.3. The molecule has 3 heteroatoms. The van der Waals surface area contributed by atoms with Gasteiger partial charge in [-0.1, -0.05) is 13.0 Å². The van der Waals surface area contributed by atoms with Crippen molar-refractivity contribution < 1.29 is 9.53 Å². The number of rotatable bonds is 1. The van der Waals surface area contributed by atoms with Gasteiger partial charge in [0, 0.05) is 24.3 Å². The normalized spacial score (nSPS) is 37.4. The van der Waals surface area contributed by atoms with E-state index < -0.39 is 0 Å². The Labute approximate surface area is 132 Å². The number of likely N-dealkylation sites (tertiary alicyclic amines) is 1. The zero-order chi connectivity index (χ0) is 15.5. The Morgan fingerprint density at radius 1 is 1.32 bits per heavy atom. The number of nitrogens with zero attached hydrogens (tertiary/aromatic N) is 1. The molecule has 1 heterocycles. The number of carbonyl (C=O) groups excluding carboxylic acids is 1. The van der Waals surface area contributed by atoms with Crippen molar-refractivity contribution in [2.75, 3.05) is 20.7 Å². The molecule has 1 aliphatic heterocycles. The van der Waals surface area contributed by atoms with E-state index in [-0.39, 0.29) is 5.41 Å². The third-order valence-electron chi connectivity index (χ3n) is 6.49. The number of hydrogen-bond acceptors (Lipinski definition) is 3. The summed E-state index contributed by atoms with van der Waals surface area (Å²) in [6.07, 6.45) is 3.70. The van der Waals surface area contributed by atoms with E-state index in [2.05, 4.69) is 37.1 Å². The van der Waals surface area contributed by atoms with Crippen molar-refractivity contribution >= 4 is 5.78 Å². The third kappa shape index (κ3) is 1.81. The predicted molar refractivity (Wildman–Crippen MR) is 86.3 cm³/mol. The topological polar surface area (TPSA) is 29.5 Å². The first-order chi connectivity index (χ1) is 10.5. The summed E-state index contributed by atoms with van der Waals surface area (Å²) in [5.74, 6) is 2.45. The van der Waals surface area contributed by atoms with Crippen LogP contribution in [0.2, 0.25) is 0 Å². The number of methoxy groups -OCH3 is 1. The molecule has 4 atom stereocenters. The van der Waals surface area contributed by atoms with Crippen molar-refractivity contribution in [3.63, 3.8) is 0 Å². The monoisotopic (exact) mass is 299 g/mol. The minimum Gasteiger partial charge on any atom is -0.497 e. The minimum absolute atomic E-state index is 0.0497. The average molecular weight is 299 g/mol. The van der Waals surface area contributed by atoms with Gasteiger partial charge in [0.05, 0.1) is 7.11 Å². The second kappa shape index (κ2) is 4.82. The van der Waals surface area contributed by atoms with E-state index in [1.54, 1.807) is 7.11 Å². The molecule has 118 valence electrons. The Kier molecular flexibility index (Phi) is 3.12. The first-order valence-corrected chi connectivity index (χ1v) is 8.44. The van der Waals surface area contributed by atoms with Gasteiger partial charge in [0.2, 0.25) is 0 Å². The van der Waals surface area contributed by atoms with Gasteiger partial charge >= 0.3 is 0 Å². The second-order valence-corrected chi connectivity index (χ2v) is 7.60. The highest BCUT2D eigenvalue weighted by Crippen LogP contribution is 2.56. The Morgan fingerprint density at radius 3 is 2.91 bits per heavy atom. The van der Waals surface area contributed by atoms with Crippen LogP contribution in [-0.2, 0) is 16.6 Å². The van der Waals surface area contributed by atoms with Crippen LogP contribution in [0, 0.1) is 11.8 Å². The lowest BCUT2D eigenvalue weighted by molar-refractivity contribution is -0.130. The predicted octanol–water partition coefficient (Wildman–Crippen LogP) is 2.81. The Bertz CT molecular complexity index is 626. The zero-order valence-electron chi connectivity index (χ0n) is 13.8. The number of carbonyl (C=O) groups is 1. The van der Waals surface area contributed by atoms with Crippen molar-refractivity contribution in [3.05, 3.63) is 29.3 Å². The van der Waals surface area contributed by atoms with Gasteiger partial charge in [0.1, 0.15) is 11.5 Å². The molecule has 0 unspecified atom stereocenters. The summed E-state index contributed by atoms with van der Waals surface area (Å²) in [4.78, 5) is 15.0. The third-order valence-corrected chi connectivity index (χ3v) is 6.49. The number of likely N-dealkylation sites (N-methyl/N-ethyl adjacent to an activating group) is 1. The van der Waals surface area contributed by atoms with Crippen molar-refractivity contribution in [1.82, 2.24) is 4.90 Å². The summed E-state index contributed by atoms with van der Waals surface area (Å²) >= 11 is 0. The lowest BCUT2D eigenvalue weighted by Crippen LogP contribution is -2.63. The van der Waals surface area contributed by atoms with Gasteiger partial charge in [-0.05, 0) is 61.5 Å². The number of ketones is 1. The summed E-state index contributed by atoms with van der Waals surface area (Å²) in [6.45, 7) is 3.38. The molecule has 1 saturated carbocycles. The number of fused-ring (bicyclic) bond motifs is 1. The molecule has 0 N–H and O–H groups in total. The van der Waals surface area contributed by atoms with Gasteiger partial charge in [-0.2, -0.15) is 0 Å². The summed E-state index contributed by atoms with van der Waals surface area (Å²) in [7, 11) is 3.98. The highest BCUT2D eigenvalue weighted by Gasteiger charge is 2.57. The second-order valence-electron chi connectivity index (χ2n) is 7.60. The maximum Gasteiger partial charge on any atom is 0.134 e. The molecular weight excluding hydrogens is 274 g/mol. The van der Waals surface area contributed by atoms with Crippen molar-refractivity contribution in [2.45, 2.75) is 44.1 Å². The molecule has 1 aromatic rings. The molecule has 0 radical (unpaired) electrons. The van der Waals surface area contributed by atoms with E-state index in [1.165, 1.54) is 11.1 Å². The summed E-state index contributed by atoms with van der Waals surface area (Å²) < 4.78 is 5.47. The van der Waals surface area contributed by atoms with E-state index >= 15 is 0 Å². The quantitative estimate of drug-likeness (QED) is 0.798. The van der Waals surface area contributed by atoms with Crippen molar-refractivity contribution in [2.24, 2.45) is 11.8 Å². The molecule has 0 amide bonds. The van der Waals surface area contributed by atoms with Crippen LogP contribution < -0.4 is 4.74 Å². The van der Waals surface area contributed by atoms with E-state index in [0.29, 0.717) is 23.7 Å². The molecule has 0 spiro atoms. The molecule has 3 nitrogen and oxygen atoms in total. The van der Waals surface area contributed by atoms with Crippen LogP contribution in [0.15, 0.2) is 18.2 Å². The van der Waals surface area contributed by atoms with Crippen LogP contribution in [0.5, 0.6) is 5.75 Å². The maximum absolute atomic E-state index is 12.4. The number of piperidine rings is 1. The van der Waals surface area contributed by atoms with Crippen LogP contribution in [0.4, 0.5) is 0 Å². The van der Waals surface area contributed by atoms with Gasteiger partial charge in [0.15, 0.2) is 0 Å². The van der Waals surface area contributed by atoms with Crippen molar-refractivity contribution in [3.8, 4) is 5.75 Å². The SMILES string of the molecule is COc1ccc2c(c1)[C@]13CCN(C)[C@H](C2)[C@@H]1[C@@H](C)CC(=O)C3. The molecule has 2 aliphatic carbocycles. The molecule has 2 fully saturated rings. The number of hydrogen-bond donors (Lipinski definition) is 0. The zero-order valence-corrected chi connectivity index (χ0v) is 13.8. The molecular formula is C19H25NO2. The average Bonchev–Trinajstić information content (AvgIpc) is 2.50. The highest BCUT2D eigenvalue weighted by atomic mass is 16.5. The van der Waals surface area contributed by atoms with Gasteiger partial charge < -0.3 is 9.64 Å². The number of Topliss-reactive ketones (excluding diaryl/α,β-unsaturated/α-hetero) is 1. The lowest BCUT2D eigenvalue weighted by Gasteiger charge is -2.60. The fourth-order valence-corrected chi connectivity index (χ4v) is 5.63. The fourth-order valence-electron chi connectivity index (χ4n) is 5.63. The van der Waals surface area contributed by atoms with E-state index in [9.17, 15) is 4.79 Å². The standard InChI is InChI=1S/C19H25NO2/c1-12-8-14(21)11-19-6-7-20(2)17(18(12)19)9-13-4-5-15(22-3)10-16(13)19/h4-5,10,12,17-18H,6-9,11H2,1-3H3/t12-,17+,18-,19+/m0/s1. The van der Waals surface area contributed by atoms with E-state index in [1.807, 2.05) is 0 Å². The van der Waals surface area contributed by atoms with Crippen LogP contribution in [0.3, 0.4) is 0 Å². The van der Waals surface area contributed by atoms with Gasteiger partial charge in [0.25, 0.3) is 0 Å². The molecule has 0 aromatic heterocycles. The molecule has 4 rings (SSSR count). The fraction of sp³-hybridized carbons (Fsp3) is 0.632. The Morgan fingerprint density at radius 2 is 2.14 bits per heavy atom.